The van der Waals surface area contributed by atoms with Crippen LogP contribution in [0.3, 0.4) is 0 Å². The zero-order valence-corrected chi connectivity index (χ0v) is 31.1. The highest BCUT2D eigenvalue weighted by atomic mass is 32.2. The Kier molecular flexibility index (Phi) is 9.86. The predicted molar refractivity (Wildman–Crippen MR) is 194 cm³/mol. The second kappa shape index (κ2) is 14.1. The Balaban J connectivity index is 1.20. The van der Waals surface area contributed by atoms with Crippen LogP contribution >= 0.6 is 0 Å². The Labute approximate surface area is 305 Å². The number of rotatable bonds is 6. The molecule has 1 saturated heterocycles. The fraction of sp³-hybridized carbons (Fsp3) is 0.615. The smallest absolute Gasteiger partial charge is 0.408 e. The van der Waals surface area contributed by atoms with E-state index in [4.69, 9.17) is 14.5 Å². The summed E-state index contributed by atoms with van der Waals surface area (Å²) in [5.41, 5.74) is 1.08. The van der Waals surface area contributed by atoms with E-state index < -0.39 is 62.4 Å². The molecule has 13 heteroatoms. The van der Waals surface area contributed by atoms with E-state index in [1.807, 2.05) is 30.4 Å². The van der Waals surface area contributed by atoms with Crippen molar-refractivity contribution in [2.45, 2.75) is 133 Å². The lowest BCUT2D eigenvalue weighted by atomic mass is 9.91. The number of aryl methyl sites for hydroxylation is 1. The van der Waals surface area contributed by atoms with Crippen molar-refractivity contribution in [2.75, 3.05) is 6.54 Å². The number of fused-ring (bicyclic) bond motifs is 5. The van der Waals surface area contributed by atoms with Crippen LogP contribution in [0, 0.1) is 11.3 Å². The van der Waals surface area contributed by atoms with E-state index in [9.17, 15) is 27.6 Å². The molecular weight excluding hydrogens is 685 g/mol. The number of sulfonamides is 1. The molecule has 3 aliphatic carbocycles. The summed E-state index contributed by atoms with van der Waals surface area (Å²) in [5, 5.41) is 3.30. The van der Waals surface area contributed by atoms with E-state index in [0.29, 0.717) is 38.0 Å². The zero-order chi connectivity index (χ0) is 36.8. The molecule has 52 heavy (non-hydrogen) atoms. The third-order valence-corrected chi connectivity index (χ3v) is 12.9. The number of alkyl carbamates (subject to hydrolysis) is 1. The third kappa shape index (κ3) is 7.70. The molecule has 5 atom stereocenters. The summed E-state index contributed by atoms with van der Waals surface area (Å²) in [7, 11) is -3.83. The number of ketones is 1. The maximum Gasteiger partial charge on any atom is 0.408 e. The van der Waals surface area contributed by atoms with E-state index in [2.05, 4.69) is 16.1 Å². The molecule has 3 heterocycles. The van der Waals surface area contributed by atoms with Gasteiger partial charge in [0.15, 0.2) is 5.78 Å². The molecule has 280 valence electrons. The van der Waals surface area contributed by atoms with Gasteiger partial charge < -0.3 is 19.7 Å². The molecule has 3 amide bonds. The Morgan fingerprint density at radius 1 is 1.00 bits per heavy atom. The fourth-order valence-electron chi connectivity index (χ4n) is 8.17. The van der Waals surface area contributed by atoms with Gasteiger partial charge >= 0.3 is 6.09 Å². The fourth-order valence-corrected chi connectivity index (χ4v) is 9.56. The first kappa shape index (κ1) is 36.4. The maximum absolute atomic E-state index is 14.5. The summed E-state index contributed by atoms with van der Waals surface area (Å²) in [6.45, 7) is 5.34. The van der Waals surface area contributed by atoms with Gasteiger partial charge in [0.2, 0.25) is 27.7 Å². The summed E-state index contributed by atoms with van der Waals surface area (Å²) in [4.78, 5) is 62.1. The second-order valence-corrected chi connectivity index (χ2v) is 18.2. The maximum atomic E-state index is 14.5. The first-order valence-corrected chi connectivity index (χ1v) is 20.4. The van der Waals surface area contributed by atoms with Crippen LogP contribution in [0.5, 0.6) is 5.88 Å². The molecule has 1 aromatic carbocycles. The average molecular weight is 735 g/mol. The zero-order valence-electron chi connectivity index (χ0n) is 30.3. The highest BCUT2D eigenvalue weighted by Crippen LogP contribution is 2.57. The van der Waals surface area contributed by atoms with Gasteiger partial charge in [0.1, 0.15) is 17.7 Å². The number of nitrogens with one attached hydrogen (secondary N) is 2. The van der Waals surface area contributed by atoms with Gasteiger partial charge in [0.25, 0.3) is 0 Å². The van der Waals surface area contributed by atoms with E-state index >= 15 is 0 Å². The van der Waals surface area contributed by atoms with Crippen molar-refractivity contribution in [3.63, 3.8) is 0 Å². The molecule has 2 saturated carbocycles. The SMILES string of the molecule is CC(C)(C)OC(=O)N[C@H]1CCCCC/C=C\[C@@H]2C[C@@]2(C(=O)NS(=O)(=O)C2CC2)CC(=O)[C@@H]2C[C@@H](Oc3nc4ccccc4c4c3CCC4)CN2C1=O. The first-order valence-electron chi connectivity index (χ1n) is 18.9. The van der Waals surface area contributed by atoms with E-state index in [1.54, 1.807) is 20.8 Å². The largest absolute Gasteiger partial charge is 0.472 e. The van der Waals surface area contributed by atoms with Crippen LogP contribution in [0.1, 0.15) is 103 Å². The molecule has 2 aliphatic heterocycles. The minimum absolute atomic E-state index is 0.0869. The van der Waals surface area contributed by atoms with Gasteiger partial charge in [0.05, 0.1) is 28.8 Å². The summed E-state index contributed by atoms with van der Waals surface area (Å²) >= 11 is 0. The van der Waals surface area contributed by atoms with E-state index in [1.165, 1.54) is 10.5 Å². The van der Waals surface area contributed by atoms with E-state index in [0.717, 1.165) is 55.0 Å². The molecule has 2 aromatic rings. The van der Waals surface area contributed by atoms with Crippen LogP contribution in [-0.4, -0.2) is 77.6 Å². The summed E-state index contributed by atoms with van der Waals surface area (Å²) in [5.74, 6) is -1.19. The number of para-hydroxylation sites is 1. The highest BCUT2D eigenvalue weighted by Gasteiger charge is 2.61. The number of pyridine rings is 1. The topological polar surface area (TPSA) is 161 Å². The molecule has 7 rings (SSSR count). The van der Waals surface area contributed by atoms with E-state index in [-0.39, 0.29) is 31.1 Å². The first-order chi connectivity index (χ1) is 24.7. The standard InChI is InChI=1S/C39H50N4O8S/c1-38(2,3)51-37(47)41-31-17-8-6-4-5-7-12-24-21-39(24,36(46)42-52(48,49)26-18-19-26)22-33(44)32-20-25(23-43(32)35(31)45)50-34-29-15-11-14-27(29)28-13-9-10-16-30(28)40-34/h7,9-10,12-13,16,24-26,31-32H,4-6,8,11,14-15,17-23H2,1-3H3,(H,41,47)(H,42,46)/b12-7-/t24-,25-,31+,32+,39-/m1/s1. The van der Waals surface area contributed by atoms with Gasteiger partial charge in [-0.1, -0.05) is 43.2 Å². The van der Waals surface area contributed by atoms with Crippen LogP contribution in [-0.2, 0) is 42.0 Å². The van der Waals surface area contributed by atoms with Crippen LogP contribution in [0.25, 0.3) is 10.9 Å². The van der Waals surface area contributed by atoms with Crippen LogP contribution < -0.4 is 14.8 Å². The van der Waals surface area contributed by atoms with Crippen LogP contribution in [0.15, 0.2) is 36.4 Å². The van der Waals surface area contributed by atoms with Gasteiger partial charge in [-0.15, -0.1) is 0 Å². The average Bonchev–Trinajstić information content (AvgIpc) is 3.95. The van der Waals surface area contributed by atoms with Gasteiger partial charge in [-0.2, -0.15) is 0 Å². The number of hydrogen-bond donors (Lipinski definition) is 2. The van der Waals surface area contributed by atoms with Gasteiger partial charge in [-0.05, 0) is 96.1 Å². The monoisotopic (exact) mass is 734 g/mol. The molecule has 0 radical (unpaired) electrons. The lowest BCUT2D eigenvalue weighted by Gasteiger charge is -2.30. The molecule has 1 aromatic heterocycles. The van der Waals surface area contributed by atoms with Gasteiger partial charge in [-0.3, -0.25) is 19.1 Å². The normalized spacial score (nSPS) is 28.9. The molecule has 2 N–H and O–H groups in total. The number of allylic oxidation sites excluding steroid dienone is 2. The number of Topliss-reactive ketones (excluding diaryl/α,β-unsaturated/α-hetero) is 1. The quantitative estimate of drug-likeness (QED) is 0.387. The van der Waals surface area contributed by atoms with Crippen molar-refractivity contribution in [3.05, 3.63) is 47.5 Å². The molecule has 3 fully saturated rings. The summed E-state index contributed by atoms with van der Waals surface area (Å²) in [6.07, 6.45) is 10.1. The number of benzene rings is 1. The third-order valence-electron chi connectivity index (χ3n) is 11.1. The minimum Gasteiger partial charge on any atom is -0.472 e. The highest BCUT2D eigenvalue weighted by molar-refractivity contribution is 7.90. The van der Waals surface area contributed by atoms with Crippen molar-refractivity contribution in [3.8, 4) is 5.88 Å². The Hall–Kier alpha value is -4.00. The lowest BCUT2D eigenvalue weighted by Crippen LogP contribution is -2.53. The van der Waals surface area contributed by atoms with Gasteiger partial charge in [0, 0.05) is 23.8 Å². The Bertz CT molecular complexity index is 1900. The lowest BCUT2D eigenvalue weighted by molar-refractivity contribution is -0.140. The summed E-state index contributed by atoms with van der Waals surface area (Å²) < 4.78 is 40.1. The number of hydrogen-bond acceptors (Lipinski definition) is 9. The number of carbonyl (C=O) groups is 4. The molecule has 12 nitrogen and oxygen atoms in total. The van der Waals surface area contributed by atoms with Crippen molar-refractivity contribution in [1.82, 2.24) is 19.9 Å². The molecule has 5 aliphatic rings. The Morgan fingerprint density at radius 2 is 1.77 bits per heavy atom. The van der Waals surface area contributed by atoms with Crippen LogP contribution in [0.2, 0.25) is 0 Å². The van der Waals surface area contributed by atoms with Crippen molar-refractivity contribution >= 4 is 44.6 Å². The number of aromatic nitrogens is 1. The molecule has 0 spiro atoms. The van der Waals surface area contributed by atoms with Crippen LogP contribution in [0.4, 0.5) is 4.79 Å². The molecule has 0 unspecified atom stereocenters. The predicted octanol–water partition coefficient (Wildman–Crippen LogP) is 5.06. The summed E-state index contributed by atoms with van der Waals surface area (Å²) in [6, 6.07) is 6.06. The second-order valence-electron chi connectivity index (χ2n) is 16.3. The van der Waals surface area contributed by atoms with Gasteiger partial charge in [-0.25, -0.2) is 18.2 Å². The Morgan fingerprint density at radius 3 is 2.54 bits per heavy atom. The van der Waals surface area contributed by atoms with Crippen molar-refractivity contribution < 1.29 is 37.1 Å². The van der Waals surface area contributed by atoms with Crippen molar-refractivity contribution in [1.29, 1.82) is 0 Å². The number of carbonyl (C=O) groups excluding carboxylic acids is 4. The number of amides is 3. The number of ether oxygens (including phenoxy) is 2. The molecule has 0 bridgehead atoms. The number of nitrogens with zero attached hydrogens (tertiary/aromatic N) is 2. The van der Waals surface area contributed by atoms with Crippen molar-refractivity contribution in [2.24, 2.45) is 11.3 Å². The molecular formula is C39H50N4O8S. The minimum atomic E-state index is -3.83.